The molecule has 0 unspecified atom stereocenters. The van der Waals surface area contributed by atoms with Gasteiger partial charge < -0.3 is 11.1 Å². The molecule has 0 aliphatic heterocycles. The van der Waals surface area contributed by atoms with Crippen LogP contribution in [0.2, 0.25) is 0 Å². The first-order chi connectivity index (χ1) is 9.95. The highest BCUT2D eigenvalue weighted by atomic mass is 32.1. The molecule has 3 N–H and O–H groups in total. The Balaban J connectivity index is 1.76. The third-order valence-electron chi connectivity index (χ3n) is 3.08. The summed E-state index contributed by atoms with van der Waals surface area (Å²) in [6.07, 6.45) is 1.20. The second kappa shape index (κ2) is 6.66. The Labute approximate surface area is 127 Å². The van der Waals surface area contributed by atoms with Crippen molar-refractivity contribution < 1.29 is 4.79 Å². The van der Waals surface area contributed by atoms with Crippen molar-refractivity contribution in [2.24, 2.45) is 0 Å². The Hall–Kier alpha value is -1.96. The van der Waals surface area contributed by atoms with Crippen LogP contribution in [0.15, 0.2) is 6.07 Å². The summed E-state index contributed by atoms with van der Waals surface area (Å²) in [5.74, 6) is -0.00203. The maximum atomic E-state index is 11.9. The number of nitrogens with zero attached hydrogens (tertiary/aromatic N) is 4. The van der Waals surface area contributed by atoms with Crippen molar-refractivity contribution in [2.75, 3.05) is 5.73 Å². The molecule has 0 saturated heterocycles. The van der Waals surface area contributed by atoms with Crippen molar-refractivity contribution in [1.29, 1.82) is 0 Å². The molecular weight excluding hydrogens is 288 g/mol. The third kappa shape index (κ3) is 4.25. The van der Waals surface area contributed by atoms with E-state index in [0.29, 0.717) is 11.6 Å². The summed E-state index contributed by atoms with van der Waals surface area (Å²) < 4.78 is 1.93. The molecular formula is C13H20N6OS. The summed E-state index contributed by atoms with van der Waals surface area (Å²) in [6, 6.07) is 1.86. The highest BCUT2D eigenvalue weighted by Crippen LogP contribution is 2.18. The minimum Gasteiger partial charge on any atom is -0.374 e. The first-order valence-electron chi connectivity index (χ1n) is 6.85. The van der Waals surface area contributed by atoms with Crippen LogP contribution in [0, 0.1) is 13.8 Å². The second-order valence-electron chi connectivity index (χ2n) is 5.02. The van der Waals surface area contributed by atoms with E-state index in [4.69, 9.17) is 5.73 Å². The van der Waals surface area contributed by atoms with Crippen molar-refractivity contribution in [1.82, 2.24) is 25.3 Å². The highest BCUT2D eigenvalue weighted by molar-refractivity contribution is 7.15. The Kier molecular flexibility index (Phi) is 4.89. The SMILES string of the molecule is Cc1cc(C)n(CCCC(=O)N[C@H](C)c2nnc(N)s2)n1. The number of nitrogens with two attached hydrogens (primary N) is 1. The predicted octanol–water partition coefficient (Wildman–Crippen LogP) is 1.59. The van der Waals surface area contributed by atoms with Crippen LogP contribution in [0.4, 0.5) is 5.13 Å². The number of nitrogen functional groups attached to an aromatic ring is 1. The fraction of sp³-hybridized carbons (Fsp3) is 0.538. The van der Waals surface area contributed by atoms with Crippen molar-refractivity contribution in [3.05, 3.63) is 22.5 Å². The molecule has 0 radical (unpaired) electrons. The molecule has 0 aliphatic carbocycles. The number of aryl methyl sites for hydroxylation is 3. The molecule has 1 amide bonds. The molecule has 7 nitrogen and oxygen atoms in total. The number of carbonyl (C=O) groups is 1. The minimum atomic E-state index is -0.166. The van der Waals surface area contributed by atoms with Gasteiger partial charge in [0.05, 0.1) is 11.7 Å². The van der Waals surface area contributed by atoms with Gasteiger partial charge in [-0.05, 0) is 33.3 Å². The maximum Gasteiger partial charge on any atom is 0.220 e. The van der Waals surface area contributed by atoms with Crippen molar-refractivity contribution in [2.45, 2.75) is 46.2 Å². The van der Waals surface area contributed by atoms with Gasteiger partial charge in [-0.3, -0.25) is 9.48 Å². The standard InChI is InChI=1S/C13H20N6OS/c1-8-7-9(2)19(18-8)6-4-5-11(20)15-10(3)12-16-17-13(14)21-12/h7,10H,4-6H2,1-3H3,(H2,14,17)(H,15,20)/t10-/m1/s1. The Bertz CT molecular complexity index is 620. The highest BCUT2D eigenvalue weighted by Gasteiger charge is 2.13. The zero-order valence-electron chi connectivity index (χ0n) is 12.5. The maximum absolute atomic E-state index is 11.9. The lowest BCUT2D eigenvalue weighted by Gasteiger charge is -2.10. The molecule has 2 aromatic heterocycles. The molecule has 0 saturated carbocycles. The van der Waals surface area contributed by atoms with Gasteiger partial charge in [-0.1, -0.05) is 11.3 Å². The number of aromatic nitrogens is 4. The first kappa shape index (κ1) is 15.4. The summed E-state index contributed by atoms with van der Waals surface area (Å²) >= 11 is 1.29. The van der Waals surface area contributed by atoms with Gasteiger partial charge in [0, 0.05) is 18.7 Å². The number of rotatable bonds is 6. The van der Waals surface area contributed by atoms with E-state index in [0.717, 1.165) is 29.4 Å². The lowest BCUT2D eigenvalue weighted by atomic mass is 10.2. The lowest BCUT2D eigenvalue weighted by Crippen LogP contribution is -2.26. The van der Waals surface area contributed by atoms with E-state index in [1.54, 1.807) is 0 Å². The quantitative estimate of drug-likeness (QED) is 0.844. The van der Waals surface area contributed by atoms with Gasteiger partial charge in [0.25, 0.3) is 0 Å². The Morgan fingerprint density at radius 3 is 2.81 bits per heavy atom. The molecule has 2 rings (SSSR count). The largest absolute Gasteiger partial charge is 0.374 e. The molecule has 2 heterocycles. The normalized spacial score (nSPS) is 12.3. The molecule has 21 heavy (non-hydrogen) atoms. The van der Waals surface area contributed by atoms with Gasteiger partial charge >= 0.3 is 0 Å². The van der Waals surface area contributed by atoms with Crippen LogP contribution in [0.1, 0.15) is 42.2 Å². The van der Waals surface area contributed by atoms with Crippen LogP contribution in [-0.4, -0.2) is 25.9 Å². The fourth-order valence-corrected chi connectivity index (χ4v) is 2.70. The van der Waals surface area contributed by atoms with Crippen LogP contribution in [0.25, 0.3) is 0 Å². The summed E-state index contributed by atoms with van der Waals surface area (Å²) in [4.78, 5) is 11.9. The van der Waals surface area contributed by atoms with Crippen LogP contribution in [0.5, 0.6) is 0 Å². The molecule has 8 heteroatoms. The minimum absolute atomic E-state index is 0.00203. The van der Waals surface area contributed by atoms with Crippen molar-refractivity contribution in [3.63, 3.8) is 0 Å². The number of hydrogen-bond donors (Lipinski definition) is 2. The summed E-state index contributed by atoms with van der Waals surface area (Å²) in [5, 5.41) is 16.1. The third-order valence-corrected chi connectivity index (χ3v) is 4.02. The van der Waals surface area contributed by atoms with Crippen LogP contribution >= 0.6 is 11.3 Å². The van der Waals surface area contributed by atoms with E-state index in [2.05, 4.69) is 20.6 Å². The Morgan fingerprint density at radius 2 is 2.24 bits per heavy atom. The van der Waals surface area contributed by atoms with Crippen molar-refractivity contribution in [3.8, 4) is 0 Å². The van der Waals surface area contributed by atoms with E-state index < -0.39 is 0 Å². The van der Waals surface area contributed by atoms with E-state index >= 15 is 0 Å². The monoisotopic (exact) mass is 308 g/mol. The zero-order chi connectivity index (χ0) is 15.4. The molecule has 0 bridgehead atoms. The van der Waals surface area contributed by atoms with Gasteiger partial charge in [-0.2, -0.15) is 5.10 Å². The second-order valence-corrected chi connectivity index (χ2v) is 6.06. The van der Waals surface area contributed by atoms with Crippen LogP contribution in [-0.2, 0) is 11.3 Å². The summed E-state index contributed by atoms with van der Waals surface area (Å²) in [6.45, 7) is 6.60. The molecule has 2 aromatic rings. The van der Waals surface area contributed by atoms with E-state index in [1.807, 2.05) is 31.5 Å². The predicted molar refractivity (Wildman–Crippen MR) is 81.8 cm³/mol. The van der Waals surface area contributed by atoms with Crippen LogP contribution in [0.3, 0.4) is 0 Å². The van der Waals surface area contributed by atoms with Gasteiger partial charge in [0.1, 0.15) is 5.01 Å². The van der Waals surface area contributed by atoms with Gasteiger partial charge in [0.15, 0.2) is 0 Å². The first-order valence-corrected chi connectivity index (χ1v) is 7.66. The average molecular weight is 308 g/mol. The lowest BCUT2D eigenvalue weighted by molar-refractivity contribution is -0.121. The number of anilines is 1. The van der Waals surface area contributed by atoms with E-state index in [9.17, 15) is 4.79 Å². The topological polar surface area (TPSA) is 98.7 Å². The van der Waals surface area contributed by atoms with Gasteiger partial charge in [0.2, 0.25) is 11.0 Å². The number of nitrogens with one attached hydrogen (secondary N) is 1. The summed E-state index contributed by atoms with van der Waals surface area (Å²) in [7, 11) is 0. The molecule has 0 spiro atoms. The summed E-state index contributed by atoms with van der Waals surface area (Å²) in [5.41, 5.74) is 7.65. The smallest absolute Gasteiger partial charge is 0.220 e. The number of hydrogen-bond acceptors (Lipinski definition) is 6. The van der Waals surface area contributed by atoms with E-state index in [-0.39, 0.29) is 11.9 Å². The molecule has 0 aromatic carbocycles. The van der Waals surface area contributed by atoms with E-state index in [1.165, 1.54) is 11.3 Å². The number of carbonyl (C=O) groups excluding carboxylic acids is 1. The average Bonchev–Trinajstić information content (AvgIpc) is 2.96. The number of amides is 1. The molecule has 1 atom stereocenters. The zero-order valence-corrected chi connectivity index (χ0v) is 13.3. The van der Waals surface area contributed by atoms with Crippen LogP contribution < -0.4 is 11.1 Å². The molecule has 114 valence electrons. The molecule has 0 aliphatic rings. The fourth-order valence-electron chi connectivity index (χ4n) is 2.09. The van der Waals surface area contributed by atoms with Gasteiger partial charge in [-0.15, -0.1) is 10.2 Å². The van der Waals surface area contributed by atoms with Gasteiger partial charge in [-0.25, -0.2) is 0 Å². The van der Waals surface area contributed by atoms with Crippen molar-refractivity contribution >= 4 is 22.4 Å². The Morgan fingerprint density at radius 1 is 1.48 bits per heavy atom. The molecule has 0 fully saturated rings.